The van der Waals surface area contributed by atoms with Gasteiger partial charge in [0.25, 0.3) is 0 Å². The third kappa shape index (κ3) is 4.83. The van der Waals surface area contributed by atoms with Crippen LogP contribution in [0.2, 0.25) is 5.02 Å². The van der Waals surface area contributed by atoms with Gasteiger partial charge in [-0.2, -0.15) is 0 Å². The Morgan fingerprint density at radius 2 is 2.06 bits per heavy atom. The number of pyridine rings is 1. The molecule has 0 amide bonds. The van der Waals surface area contributed by atoms with Crippen molar-refractivity contribution in [2.24, 2.45) is 5.41 Å². The van der Waals surface area contributed by atoms with Crippen molar-refractivity contribution in [3.63, 3.8) is 0 Å². The fraction of sp³-hybridized carbons (Fsp3) is 0.643. The summed E-state index contributed by atoms with van der Waals surface area (Å²) < 4.78 is 0. The van der Waals surface area contributed by atoms with Gasteiger partial charge in [-0.1, -0.05) is 39.3 Å². The van der Waals surface area contributed by atoms with Gasteiger partial charge in [-0.05, 0) is 23.6 Å². The normalized spacial score (nSPS) is 11.7. The highest BCUT2D eigenvalue weighted by atomic mass is 35.5. The maximum absolute atomic E-state index is 6.15. The lowest BCUT2D eigenvalue weighted by molar-refractivity contribution is 0.418. The van der Waals surface area contributed by atoms with Crippen molar-refractivity contribution in [2.75, 3.05) is 25.0 Å². The van der Waals surface area contributed by atoms with E-state index in [2.05, 4.69) is 56.0 Å². The van der Waals surface area contributed by atoms with Crippen LogP contribution in [0.15, 0.2) is 12.3 Å². The Morgan fingerprint density at radius 1 is 1.39 bits per heavy atom. The predicted octanol–water partition coefficient (Wildman–Crippen LogP) is 3.33. The van der Waals surface area contributed by atoms with Gasteiger partial charge in [-0.15, -0.1) is 0 Å². The average molecular weight is 270 g/mol. The molecular weight excluding hydrogens is 246 g/mol. The van der Waals surface area contributed by atoms with Crippen LogP contribution in [-0.4, -0.2) is 25.1 Å². The molecule has 0 atom stereocenters. The second-order valence-electron chi connectivity index (χ2n) is 5.83. The van der Waals surface area contributed by atoms with Gasteiger partial charge in [-0.3, -0.25) is 0 Å². The SMILES string of the molecule is CCNCc1cc(N(C)CC(C)(C)C)ncc1Cl. The van der Waals surface area contributed by atoms with E-state index in [1.54, 1.807) is 6.20 Å². The summed E-state index contributed by atoms with van der Waals surface area (Å²) >= 11 is 6.15. The van der Waals surface area contributed by atoms with Crippen molar-refractivity contribution in [1.29, 1.82) is 0 Å². The maximum Gasteiger partial charge on any atom is 0.128 e. The monoisotopic (exact) mass is 269 g/mol. The van der Waals surface area contributed by atoms with Crippen molar-refractivity contribution in [3.8, 4) is 0 Å². The largest absolute Gasteiger partial charge is 0.359 e. The minimum absolute atomic E-state index is 0.248. The summed E-state index contributed by atoms with van der Waals surface area (Å²) in [4.78, 5) is 6.57. The quantitative estimate of drug-likeness (QED) is 0.889. The minimum atomic E-state index is 0.248. The molecule has 0 saturated heterocycles. The third-order valence-electron chi connectivity index (χ3n) is 2.59. The molecule has 0 saturated carbocycles. The van der Waals surface area contributed by atoms with Crippen LogP contribution in [0.3, 0.4) is 0 Å². The topological polar surface area (TPSA) is 28.2 Å². The van der Waals surface area contributed by atoms with Crippen LogP contribution in [0.4, 0.5) is 5.82 Å². The van der Waals surface area contributed by atoms with Crippen molar-refractivity contribution in [1.82, 2.24) is 10.3 Å². The summed E-state index contributed by atoms with van der Waals surface area (Å²) in [5, 5.41) is 4.01. The Morgan fingerprint density at radius 3 is 2.61 bits per heavy atom. The summed E-state index contributed by atoms with van der Waals surface area (Å²) in [7, 11) is 2.07. The molecule has 1 heterocycles. The number of halogens is 1. The molecule has 0 fully saturated rings. The van der Waals surface area contributed by atoms with Gasteiger partial charge in [-0.25, -0.2) is 4.98 Å². The van der Waals surface area contributed by atoms with Crippen LogP contribution in [0, 0.1) is 5.41 Å². The van der Waals surface area contributed by atoms with Gasteiger partial charge < -0.3 is 10.2 Å². The summed E-state index contributed by atoms with van der Waals surface area (Å²) in [6.07, 6.45) is 1.74. The van der Waals surface area contributed by atoms with E-state index < -0.39 is 0 Å². The van der Waals surface area contributed by atoms with Crippen LogP contribution in [0.25, 0.3) is 0 Å². The zero-order chi connectivity index (χ0) is 13.8. The summed E-state index contributed by atoms with van der Waals surface area (Å²) in [6.45, 7) is 11.4. The van der Waals surface area contributed by atoms with Crippen LogP contribution >= 0.6 is 11.6 Å². The Balaban J connectivity index is 2.83. The zero-order valence-electron chi connectivity index (χ0n) is 12.0. The van der Waals surface area contributed by atoms with Crippen molar-refractivity contribution >= 4 is 17.4 Å². The van der Waals surface area contributed by atoms with E-state index >= 15 is 0 Å². The maximum atomic E-state index is 6.15. The molecule has 3 nitrogen and oxygen atoms in total. The molecule has 18 heavy (non-hydrogen) atoms. The van der Waals surface area contributed by atoms with E-state index in [1.807, 2.05) is 0 Å². The van der Waals surface area contributed by atoms with Gasteiger partial charge in [0, 0.05) is 26.3 Å². The van der Waals surface area contributed by atoms with E-state index in [0.717, 1.165) is 36.0 Å². The van der Waals surface area contributed by atoms with Crippen molar-refractivity contribution in [2.45, 2.75) is 34.2 Å². The first-order chi connectivity index (χ1) is 8.33. The molecule has 0 aliphatic heterocycles. The first kappa shape index (κ1) is 15.3. The van der Waals surface area contributed by atoms with Crippen molar-refractivity contribution < 1.29 is 0 Å². The third-order valence-corrected chi connectivity index (χ3v) is 2.93. The first-order valence-electron chi connectivity index (χ1n) is 6.40. The Bertz CT molecular complexity index is 385. The molecule has 0 aliphatic carbocycles. The number of nitrogens with one attached hydrogen (secondary N) is 1. The van der Waals surface area contributed by atoms with Gasteiger partial charge in [0.2, 0.25) is 0 Å². The number of anilines is 1. The Kier molecular flexibility index (Phi) is 5.42. The van der Waals surface area contributed by atoms with Crippen LogP contribution in [0.1, 0.15) is 33.3 Å². The van der Waals surface area contributed by atoms with Gasteiger partial charge >= 0.3 is 0 Å². The summed E-state index contributed by atoms with van der Waals surface area (Å²) in [5.41, 5.74) is 1.35. The molecule has 1 aromatic rings. The average Bonchev–Trinajstić information content (AvgIpc) is 2.25. The lowest BCUT2D eigenvalue weighted by Gasteiger charge is -2.27. The molecule has 0 bridgehead atoms. The van der Waals surface area contributed by atoms with E-state index in [4.69, 9.17) is 11.6 Å². The molecule has 0 aliphatic rings. The second-order valence-corrected chi connectivity index (χ2v) is 6.24. The molecule has 0 unspecified atom stereocenters. The van der Waals surface area contributed by atoms with E-state index in [1.165, 1.54) is 0 Å². The van der Waals surface area contributed by atoms with Gasteiger partial charge in [0.05, 0.1) is 5.02 Å². The van der Waals surface area contributed by atoms with Crippen LogP contribution in [0.5, 0.6) is 0 Å². The Labute approximate surface area is 116 Å². The number of rotatable bonds is 5. The fourth-order valence-electron chi connectivity index (χ4n) is 1.86. The molecule has 102 valence electrons. The van der Waals surface area contributed by atoms with E-state index in [9.17, 15) is 0 Å². The molecule has 0 radical (unpaired) electrons. The van der Waals surface area contributed by atoms with E-state index in [-0.39, 0.29) is 5.41 Å². The lowest BCUT2D eigenvalue weighted by atomic mass is 9.96. The number of hydrogen-bond acceptors (Lipinski definition) is 3. The molecule has 1 N–H and O–H groups in total. The highest BCUT2D eigenvalue weighted by molar-refractivity contribution is 6.31. The molecular formula is C14H24ClN3. The standard InChI is InChI=1S/C14H24ClN3/c1-6-16-8-11-7-13(17-9-12(11)15)18(5)10-14(2,3)4/h7,9,16H,6,8,10H2,1-5H3. The first-order valence-corrected chi connectivity index (χ1v) is 6.77. The van der Waals surface area contributed by atoms with E-state index in [0.29, 0.717) is 0 Å². The smallest absolute Gasteiger partial charge is 0.128 e. The summed E-state index contributed by atoms with van der Waals surface area (Å²) in [6, 6.07) is 2.07. The van der Waals surface area contributed by atoms with Crippen LogP contribution < -0.4 is 10.2 Å². The lowest BCUT2D eigenvalue weighted by Crippen LogP contribution is -2.29. The number of hydrogen-bond donors (Lipinski definition) is 1. The summed E-state index contributed by atoms with van der Waals surface area (Å²) in [5.74, 6) is 0.974. The molecule has 4 heteroatoms. The minimum Gasteiger partial charge on any atom is -0.359 e. The molecule has 0 aromatic carbocycles. The van der Waals surface area contributed by atoms with Gasteiger partial charge in [0.15, 0.2) is 0 Å². The van der Waals surface area contributed by atoms with Gasteiger partial charge in [0.1, 0.15) is 5.82 Å². The molecule has 1 rings (SSSR count). The Hall–Kier alpha value is -0.800. The highest BCUT2D eigenvalue weighted by Crippen LogP contribution is 2.22. The highest BCUT2D eigenvalue weighted by Gasteiger charge is 2.15. The number of aromatic nitrogens is 1. The predicted molar refractivity (Wildman–Crippen MR) is 79.4 cm³/mol. The van der Waals surface area contributed by atoms with Crippen LogP contribution in [-0.2, 0) is 6.54 Å². The van der Waals surface area contributed by atoms with Crippen molar-refractivity contribution in [3.05, 3.63) is 22.8 Å². The molecule has 1 aromatic heterocycles. The number of nitrogens with zero attached hydrogens (tertiary/aromatic N) is 2. The fourth-order valence-corrected chi connectivity index (χ4v) is 2.03. The molecule has 0 spiro atoms. The zero-order valence-corrected chi connectivity index (χ0v) is 12.8. The second kappa shape index (κ2) is 6.39.